The van der Waals surface area contributed by atoms with Crippen LogP contribution in [0.5, 0.6) is 17.2 Å². The van der Waals surface area contributed by atoms with Gasteiger partial charge in [0, 0.05) is 104 Å². The van der Waals surface area contributed by atoms with E-state index in [-0.39, 0.29) is 119 Å². The van der Waals surface area contributed by atoms with Crippen LogP contribution in [-0.2, 0) is 114 Å². The Balaban J connectivity index is -0.000000293. The number of carbonyl (C=O) groups is 4. The van der Waals surface area contributed by atoms with Crippen molar-refractivity contribution in [3.8, 4) is 17.2 Å². The number of esters is 1. The van der Waals surface area contributed by atoms with Gasteiger partial charge in [-0.2, -0.15) is 0 Å². The minimum absolute atomic E-state index is 0. The summed E-state index contributed by atoms with van der Waals surface area (Å²) >= 11 is 19.1. The molecule has 0 aliphatic carbocycles. The summed E-state index contributed by atoms with van der Waals surface area (Å²) in [5, 5.41) is 22.8. The van der Waals surface area contributed by atoms with E-state index in [2.05, 4.69) is 226 Å². The maximum atomic E-state index is 12.1. The number of benzene rings is 3. The Morgan fingerprint density at radius 2 is 0.810 bits per heavy atom. The number of para-hydroxylation sites is 3. The molecule has 0 amide bonds. The SMILES string of the molecule is CC(C)OC(=O)[C@H](C)N.CCN(C(C)C)C(C)C.C[C@H](Cn1cnc2c(N)ncnc21)OCP(=O)(O)O.C[C@H](Cn1cnc2c(N)ncnc21)OCP(=O)(O)Oc1ccccc1.C[C@H](Cn1cnc2c(N)ncnc21)OCP(=O)(O)Oc1ccccc1.C[Si](C)(C)Oc1ccccc1.ClCCl.I.II.I[I-]I.O=C(O)/C=C/C(=O)O.O=COO.O=S(Cl)Cl.O=S(Cl)Cl.O=S1(=O)CCCC1.O=S1(=O)CCCC1.[H-].[K+]. The molecule has 3 aromatic carbocycles. The quantitative estimate of drug-likeness (QED) is 0.00198. The molecule has 6 atom stereocenters. The number of rotatable bonds is 29. The molecule has 2 aliphatic heterocycles. The minimum Gasteiger partial charge on any atom is -1.00 e. The van der Waals surface area contributed by atoms with Gasteiger partial charge in [0.25, 0.3) is 0 Å². The van der Waals surface area contributed by atoms with Crippen LogP contribution in [0.3, 0.4) is 0 Å². The van der Waals surface area contributed by atoms with Crippen LogP contribution in [0.25, 0.3) is 33.5 Å². The molecule has 6 aromatic heterocycles. The number of aromatic nitrogens is 12. The van der Waals surface area contributed by atoms with Crippen molar-refractivity contribution in [2.75, 3.05) is 71.1 Å². The number of carbonyl (C=O) groups excluding carboxylic acids is 2. The number of imidazole rings is 3. The van der Waals surface area contributed by atoms with Gasteiger partial charge in [0.1, 0.15) is 84.8 Å². The van der Waals surface area contributed by atoms with Crippen molar-refractivity contribution in [1.82, 2.24) is 63.5 Å². The maximum Gasteiger partial charge on any atom is 1.00 e. The largest absolute Gasteiger partial charge is 1.00 e. The van der Waals surface area contributed by atoms with Gasteiger partial charge in [-0.05, 0) is 158 Å². The number of fused-ring (bicyclic) bond motifs is 3. The van der Waals surface area contributed by atoms with Gasteiger partial charge < -0.3 is 105 Å². The molecule has 0 spiro atoms. The molecule has 45 nitrogen and oxygen atoms in total. The number of sulfone groups is 2. The predicted octanol–water partition coefficient (Wildman–Crippen LogP) is 10.9. The molecular weight excluding hydrogens is 2860 g/mol. The first-order valence-electron chi connectivity index (χ1n) is 40.3. The molecule has 2 aliphatic rings. The normalized spacial score (nSPS) is 13.9. The smallest absolute Gasteiger partial charge is 1.00 e. The summed E-state index contributed by atoms with van der Waals surface area (Å²) in [5.74, 6) is 1.35. The number of ether oxygens (including phenoxy) is 4. The van der Waals surface area contributed by atoms with Gasteiger partial charge in [-0.1, -0.05) is 61.5 Å². The van der Waals surface area contributed by atoms with Crippen molar-refractivity contribution in [1.29, 1.82) is 0 Å². The fourth-order valence-corrected chi connectivity index (χ4v) is 16.4. The average Bonchev–Trinajstić information content (AvgIpc) is 1.68. The van der Waals surface area contributed by atoms with Crippen LogP contribution in [0.1, 0.15) is 103 Å². The summed E-state index contributed by atoms with van der Waals surface area (Å²) in [4.78, 5) is 117. The number of nitrogen functional groups attached to an aromatic ring is 3. The zero-order chi connectivity index (χ0) is 108. The topological polar surface area (TPSA) is 675 Å². The van der Waals surface area contributed by atoms with Crippen molar-refractivity contribution < 1.29 is 197 Å². The summed E-state index contributed by atoms with van der Waals surface area (Å²) in [6.45, 7) is 30.4. The third kappa shape index (κ3) is 81.9. The molecule has 66 heteroatoms. The van der Waals surface area contributed by atoms with E-state index >= 15 is 0 Å². The number of nitrogens with zero attached hydrogens (tertiary/aromatic N) is 13. The van der Waals surface area contributed by atoms with Crippen LogP contribution < -0.4 is 101 Å². The Hall–Kier alpha value is -1.81. The molecule has 2 unspecified atom stereocenters. The molecular formula is C76H122Cl6I6KN17O28P3S4Si-. The van der Waals surface area contributed by atoms with Crippen molar-refractivity contribution in [3.63, 3.8) is 0 Å². The molecule has 2 fully saturated rings. The summed E-state index contributed by atoms with van der Waals surface area (Å²) < 4.78 is 137. The van der Waals surface area contributed by atoms with E-state index in [4.69, 9.17) is 117 Å². The molecule has 0 radical (unpaired) electrons. The molecule has 2 saturated heterocycles. The van der Waals surface area contributed by atoms with Gasteiger partial charge in [-0.15, -0.1) is 47.2 Å². The second kappa shape index (κ2) is 85.6. The van der Waals surface area contributed by atoms with Crippen LogP contribution in [0.2, 0.25) is 19.6 Å². The summed E-state index contributed by atoms with van der Waals surface area (Å²) in [5.41, 5.74) is 25.6. The average molecular weight is 2980 g/mol. The molecule has 142 heavy (non-hydrogen) atoms. The molecule has 15 N–H and O–H groups in total. The summed E-state index contributed by atoms with van der Waals surface area (Å²) in [7, 11) is -3.75. The first kappa shape index (κ1) is 151. The molecule has 0 bridgehead atoms. The molecule has 0 saturated carbocycles. The molecule has 9 aromatic rings. The zero-order valence-electron chi connectivity index (χ0n) is 80.6. The number of anilines is 3. The van der Waals surface area contributed by atoms with Crippen molar-refractivity contribution in [3.05, 3.63) is 141 Å². The van der Waals surface area contributed by atoms with Crippen molar-refractivity contribution in [2.45, 2.75) is 184 Å². The van der Waals surface area contributed by atoms with Gasteiger partial charge in [0.2, 0.25) is 26.8 Å². The Labute approximate surface area is 974 Å². The fourth-order valence-electron chi connectivity index (χ4n) is 10.2. The van der Waals surface area contributed by atoms with E-state index in [0.29, 0.717) is 137 Å². The van der Waals surface area contributed by atoms with Crippen molar-refractivity contribution >= 4 is 309 Å². The van der Waals surface area contributed by atoms with Gasteiger partial charge in [0.15, 0.2) is 47.1 Å². The number of carboxylic acid groups (broad SMARTS) is 2. The number of hydrogen-bond donors (Lipinski definition) is 11. The van der Waals surface area contributed by atoms with E-state index in [0.717, 1.165) is 38.0 Å². The Bertz CT molecular complexity index is 5190. The fraction of sp³-hybridized carbons (Fsp3) is 0.487. The summed E-state index contributed by atoms with van der Waals surface area (Å²) in [6.07, 6.45) is 10.7. The minimum atomic E-state index is -4.16. The van der Waals surface area contributed by atoms with Gasteiger partial charge in [-0.25, -0.2) is 94.1 Å². The third-order valence-electron chi connectivity index (χ3n) is 15.5. The Kier molecular flexibility index (Phi) is 91.0. The first-order valence-corrected chi connectivity index (χ1v) is 78.2. The number of alkyl halides is 2. The van der Waals surface area contributed by atoms with E-state index < -0.39 is 112 Å². The van der Waals surface area contributed by atoms with Gasteiger partial charge in [-0.3, -0.25) is 19.1 Å². The number of carboxylic acids is 2. The standard InChI is InChI=1S/2C15H18N5O4P.C9H14N5O4P.C9H14OSi.C8H19N.C6H13NO2.C4H4O4.2C4H8O2S.CH2Cl2.CH2O3.2Cl2OS.I3.I2.HI.K.H/c2*1-11(7-20-9-19-13-14(16)17-8-18-15(13)20)23-10-25(21,22)24-12-5-3-2-4-6-12;1-6(18-5-19(15,16)17)2-14-4-13-7-8(10)11-3-12-9(7)14;1-11(2,3)10-9-7-5-4-6-8-9;1-6-9(7(2)3)8(4)5;1-4(2)9-6(8)5(3)7;5-3(6)1-2-4(7)8;2*5-7(6)3-1-2-4-7;2-1-3;2-1-4-3;2*1-4(2)3;1-3-2;1-2;;;/h2*2-6,8-9,11H,7,10H2,1H3,(H,21,22)(H2,16,17,18);3-4,6H,2,5H2,1H3,(H2,10,11,12)(H2,15,16,17);4-8H,1-3H3;7-8H,6H2,1-5H3;4-5H,7H2,1-3H3;1-2H,(H,5,6)(H,7,8);2*1-4H2;1H2;1,3H;;;;;1H;;/q;;;;;;;;;;;;;-1;;;+1;-1/b;;;;;;2-1+;;;;;;;;;;;/t2*11-;6-;;;5-;;;;;;;;;;;;/m111..0............/s1. The second-order valence-corrected chi connectivity index (χ2v) is 65.5. The number of aliphatic carboxylic acids is 2. The van der Waals surface area contributed by atoms with Crippen LogP contribution >= 0.6 is 187 Å². The second-order valence-electron chi connectivity index (χ2n) is 29.3. The first-order chi connectivity index (χ1) is 65.2. The number of nitrogens with two attached hydrogens (primary N) is 4. The van der Waals surface area contributed by atoms with Gasteiger partial charge in [0.05, 0.1) is 91.4 Å². The van der Waals surface area contributed by atoms with Gasteiger partial charge >= 0.3 is 149 Å². The van der Waals surface area contributed by atoms with Crippen LogP contribution in [0.15, 0.2) is 141 Å². The van der Waals surface area contributed by atoms with Crippen LogP contribution in [-0.4, -0.2) is 253 Å². The molecule has 11 rings (SSSR count). The monoisotopic (exact) mass is 2980 g/mol. The third-order valence-corrected chi connectivity index (χ3v) is 22.4. The number of hydrogen-bond acceptors (Lipinski definition) is 36. The maximum absolute atomic E-state index is 12.1. The predicted molar refractivity (Wildman–Crippen MR) is 598 cm³/mol. The number of halogens is 12. The van der Waals surface area contributed by atoms with E-state index in [9.17, 15) is 54.7 Å². The summed E-state index contributed by atoms with van der Waals surface area (Å²) in [6, 6.07) is 27.7. The zero-order valence-corrected chi connectivity index (χ0v) is 107. The molecule has 8 heterocycles. The van der Waals surface area contributed by atoms with E-state index in [1.54, 1.807) is 129 Å². The van der Waals surface area contributed by atoms with Crippen LogP contribution in [0, 0.1) is 0 Å². The van der Waals surface area contributed by atoms with Crippen molar-refractivity contribution in [2.24, 2.45) is 5.73 Å². The molecule has 808 valence electrons. The van der Waals surface area contributed by atoms with E-state index in [1.807, 2.05) is 30.3 Å². The van der Waals surface area contributed by atoms with Crippen LogP contribution in [0.4, 0.5) is 17.5 Å². The Morgan fingerprint density at radius 3 is 1.00 bits per heavy atom. The van der Waals surface area contributed by atoms with E-state index in [1.165, 1.54) is 25.3 Å². The Morgan fingerprint density at radius 1 is 0.549 bits per heavy atom.